The minimum Gasteiger partial charge on any atom is -0.479 e. The SMILES string of the molecule is C#CCOc1c(C(=O)OCC)cnc2c1c(C)nn2CC. The van der Waals surface area contributed by atoms with Crippen molar-refractivity contribution in [3.8, 4) is 18.1 Å². The van der Waals surface area contributed by atoms with Crippen LogP contribution in [-0.2, 0) is 11.3 Å². The summed E-state index contributed by atoms with van der Waals surface area (Å²) in [7, 11) is 0. The zero-order valence-corrected chi connectivity index (χ0v) is 12.3. The van der Waals surface area contributed by atoms with Gasteiger partial charge in [-0.15, -0.1) is 6.42 Å². The van der Waals surface area contributed by atoms with Gasteiger partial charge in [-0.1, -0.05) is 5.92 Å². The first-order chi connectivity index (χ1) is 10.1. The topological polar surface area (TPSA) is 66.2 Å². The van der Waals surface area contributed by atoms with E-state index >= 15 is 0 Å². The zero-order valence-electron chi connectivity index (χ0n) is 12.3. The number of terminal acetylenes is 1. The molecule has 0 saturated carbocycles. The first kappa shape index (κ1) is 14.9. The highest BCUT2D eigenvalue weighted by atomic mass is 16.5. The average molecular weight is 287 g/mol. The van der Waals surface area contributed by atoms with Gasteiger partial charge in [0, 0.05) is 12.7 Å². The summed E-state index contributed by atoms with van der Waals surface area (Å²) in [4.78, 5) is 16.4. The summed E-state index contributed by atoms with van der Waals surface area (Å²) in [5, 5.41) is 5.09. The van der Waals surface area contributed by atoms with Gasteiger partial charge in [0.25, 0.3) is 0 Å². The van der Waals surface area contributed by atoms with E-state index in [-0.39, 0.29) is 18.8 Å². The van der Waals surface area contributed by atoms with Gasteiger partial charge in [0.2, 0.25) is 0 Å². The van der Waals surface area contributed by atoms with Crippen LogP contribution in [-0.4, -0.2) is 33.9 Å². The molecule has 0 saturated heterocycles. The standard InChI is InChI=1S/C15H17N3O3/c1-5-8-21-13-11(15(19)20-7-3)9-16-14-12(13)10(4)17-18(14)6-2/h1,9H,6-8H2,2-4H3. The molecule has 0 fully saturated rings. The Hall–Kier alpha value is -2.55. The van der Waals surface area contributed by atoms with Gasteiger partial charge in [-0.2, -0.15) is 5.10 Å². The summed E-state index contributed by atoms with van der Waals surface area (Å²) >= 11 is 0. The molecule has 110 valence electrons. The number of ether oxygens (including phenoxy) is 2. The summed E-state index contributed by atoms with van der Waals surface area (Å²) in [5.41, 5.74) is 1.66. The lowest BCUT2D eigenvalue weighted by Crippen LogP contribution is -2.09. The molecule has 0 aliphatic heterocycles. The number of fused-ring (bicyclic) bond motifs is 1. The number of rotatable bonds is 5. The Kier molecular flexibility index (Phi) is 4.43. The summed E-state index contributed by atoms with van der Waals surface area (Å²) in [6.07, 6.45) is 6.69. The molecule has 21 heavy (non-hydrogen) atoms. The Labute approximate surface area is 123 Å². The van der Waals surface area contributed by atoms with E-state index in [9.17, 15) is 4.79 Å². The fourth-order valence-corrected chi connectivity index (χ4v) is 2.12. The highest BCUT2D eigenvalue weighted by Crippen LogP contribution is 2.31. The fraction of sp³-hybridized carbons (Fsp3) is 0.400. The van der Waals surface area contributed by atoms with Gasteiger partial charge in [-0.25, -0.2) is 14.5 Å². The quantitative estimate of drug-likeness (QED) is 0.621. The van der Waals surface area contributed by atoms with Gasteiger partial charge < -0.3 is 9.47 Å². The Morgan fingerprint density at radius 1 is 1.48 bits per heavy atom. The zero-order chi connectivity index (χ0) is 15.4. The van der Waals surface area contributed by atoms with Crippen molar-refractivity contribution in [2.24, 2.45) is 0 Å². The number of esters is 1. The molecule has 0 N–H and O–H groups in total. The van der Waals surface area contributed by atoms with E-state index < -0.39 is 5.97 Å². The summed E-state index contributed by atoms with van der Waals surface area (Å²) in [6, 6.07) is 0. The average Bonchev–Trinajstić information content (AvgIpc) is 2.81. The van der Waals surface area contributed by atoms with E-state index in [2.05, 4.69) is 16.0 Å². The van der Waals surface area contributed by atoms with Crippen molar-refractivity contribution in [2.45, 2.75) is 27.3 Å². The molecule has 2 rings (SSSR count). The Morgan fingerprint density at radius 2 is 2.24 bits per heavy atom. The maximum Gasteiger partial charge on any atom is 0.343 e. The maximum absolute atomic E-state index is 12.0. The molecule has 0 bridgehead atoms. The smallest absolute Gasteiger partial charge is 0.343 e. The van der Waals surface area contributed by atoms with Crippen molar-refractivity contribution < 1.29 is 14.3 Å². The number of nitrogens with zero attached hydrogens (tertiary/aromatic N) is 3. The highest BCUT2D eigenvalue weighted by Gasteiger charge is 2.22. The van der Waals surface area contributed by atoms with Crippen LogP contribution in [0.5, 0.6) is 5.75 Å². The Bertz CT molecular complexity index is 713. The highest BCUT2D eigenvalue weighted by molar-refractivity contribution is 5.99. The minimum absolute atomic E-state index is 0.0578. The van der Waals surface area contributed by atoms with E-state index in [1.165, 1.54) is 6.20 Å². The second-order valence-electron chi connectivity index (χ2n) is 4.31. The van der Waals surface area contributed by atoms with Crippen LogP contribution in [0.3, 0.4) is 0 Å². The van der Waals surface area contributed by atoms with E-state index in [0.29, 0.717) is 23.3 Å². The number of pyridine rings is 1. The number of hydrogen-bond donors (Lipinski definition) is 0. The van der Waals surface area contributed by atoms with Crippen molar-refractivity contribution >= 4 is 17.0 Å². The predicted octanol–water partition coefficient (Wildman–Crippen LogP) is 1.95. The molecule has 6 nitrogen and oxygen atoms in total. The first-order valence-corrected chi connectivity index (χ1v) is 6.73. The number of hydrogen-bond acceptors (Lipinski definition) is 5. The van der Waals surface area contributed by atoms with Crippen molar-refractivity contribution in [1.82, 2.24) is 14.8 Å². The number of aryl methyl sites for hydroxylation is 2. The lowest BCUT2D eigenvalue weighted by atomic mass is 10.1. The monoisotopic (exact) mass is 287 g/mol. The van der Waals surface area contributed by atoms with Crippen LogP contribution in [0.25, 0.3) is 11.0 Å². The van der Waals surface area contributed by atoms with Gasteiger partial charge in [0.15, 0.2) is 5.65 Å². The minimum atomic E-state index is -0.484. The van der Waals surface area contributed by atoms with Gasteiger partial charge in [-0.05, 0) is 20.8 Å². The molecule has 0 aliphatic rings. The molecule has 2 aromatic heterocycles. The molecule has 0 aliphatic carbocycles. The molecule has 0 amide bonds. The predicted molar refractivity (Wildman–Crippen MR) is 78.2 cm³/mol. The maximum atomic E-state index is 12.0. The largest absolute Gasteiger partial charge is 0.479 e. The molecule has 0 atom stereocenters. The molecule has 2 aromatic rings. The van der Waals surface area contributed by atoms with E-state index in [0.717, 1.165) is 5.69 Å². The molecule has 0 unspecified atom stereocenters. The molecular formula is C15H17N3O3. The van der Waals surface area contributed by atoms with Crippen molar-refractivity contribution in [3.63, 3.8) is 0 Å². The van der Waals surface area contributed by atoms with Crippen LogP contribution < -0.4 is 4.74 Å². The Morgan fingerprint density at radius 3 is 2.86 bits per heavy atom. The van der Waals surface area contributed by atoms with Crippen LogP contribution in [0.1, 0.15) is 29.9 Å². The van der Waals surface area contributed by atoms with E-state index in [4.69, 9.17) is 15.9 Å². The number of aromatic nitrogens is 3. The van der Waals surface area contributed by atoms with E-state index in [1.54, 1.807) is 11.6 Å². The molecular weight excluding hydrogens is 270 g/mol. The van der Waals surface area contributed by atoms with Crippen LogP contribution >= 0.6 is 0 Å². The molecule has 0 radical (unpaired) electrons. The van der Waals surface area contributed by atoms with Crippen LogP contribution in [0, 0.1) is 19.3 Å². The summed E-state index contributed by atoms with van der Waals surface area (Å²) in [6.45, 7) is 6.56. The molecule has 6 heteroatoms. The third-order valence-corrected chi connectivity index (χ3v) is 2.98. The molecule has 0 aromatic carbocycles. The van der Waals surface area contributed by atoms with Crippen molar-refractivity contribution in [3.05, 3.63) is 17.5 Å². The molecule has 2 heterocycles. The molecule has 0 spiro atoms. The van der Waals surface area contributed by atoms with Crippen molar-refractivity contribution in [2.75, 3.05) is 13.2 Å². The number of carbonyl (C=O) groups is 1. The summed E-state index contributed by atoms with van der Waals surface area (Å²) in [5.74, 6) is 2.30. The van der Waals surface area contributed by atoms with Gasteiger partial charge >= 0.3 is 5.97 Å². The van der Waals surface area contributed by atoms with Crippen LogP contribution in [0.4, 0.5) is 0 Å². The van der Waals surface area contributed by atoms with Crippen LogP contribution in [0.2, 0.25) is 0 Å². The van der Waals surface area contributed by atoms with Crippen LogP contribution in [0.15, 0.2) is 6.20 Å². The second-order valence-corrected chi connectivity index (χ2v) is 4.31. The fourth-order valence-electron chi connectivity index (χ4n) is 2.12. The normalized spacial score (nSPS) is 10.4. The van der Waals surface area contributed by atoms with Gasteiger partial charge in [-0.3, -0.25) is 0 Å². The lowest BCUT2D eigenvalue weighted by Gasteiger charge is -2.10. The van der Waals surface area contributed by atoms with Gasteiger partial charge in [0.05, 0.1) is 17.7 Å². The first-order valence-electron chi connectivity index (χ1n) is 6.73. The van der Waals surface area contributed by atoms with Gasteiger partial charge in [0.1, 0.15) is 17.9 Å². The lowest BCUT2D eigenvalue weighted by molar-refractivity contribution is 0.0522. The third kappa shape index (κ3) is 2.68. The van der Waals surface area contributed by atoms with E-state index in [1.807, 2.05) is 13.8 Å². The third-order valence-electron chi connectivity index (χ3n) is 2.98. The van der Waals surface area contributed by atoms with Crippen molar-refractivity contribution in [1.29, 1.82) is 0 Å². The Balaban J connectivity index is 2.67. The second kappa shape index (κ2) is 6.27. The summed E-state index contributed by atoms with van der Waals surface area (Å²) < 4.78 is 12.4. The number of carbonyl (C=O) groups excluding carboxylic acids is 1.